The molecule has 2 N–H and O–H groups in total. The summed E-state index contributed by atoms with van der Waals surface area (Å²) in [6.07, 6.45) is 1.15. The van der Waals surface area contributed by atoms with Crippen LogP contribution in [-0.2, 0) is 6.54 Å². The highest BCUT2D eigenvalue weighted by Gasteiger charge is 2.17. The molecule has 0 saturated heterocycles. The third-order valence-electron chi connectivity index (χ3n) is 5.54. The zero-order chi connectivity index (χ0) is 22.7. The molecule has 0 amide bonds. The average Bonchev–Trinajstić information content (AvgIpc) is 3.19. The van der Waals surface area contributed by atoms with E-state index in [0.29, 0.717) is 30.8 Å². The Bertz CT molecular complexity index is 1290. The summed E-state index contributed by atoms with van der Waals surface area (Å²) in [6, 6.07) is 15.8. The van der Waals surface area contributed by atoms with Gasteiger partial charge in [-0.25, -0.2) is 4.98 Å². The number of nitrogens with zero attached hydrogens (tertiary/aromatic N) is 2. The number of aliphatic hydroxyl groups excluding tert-OH is 1. The monoisotopic (exact) mass is 445 g/mol. The number of rotatable bonds is 8. The average molecular weight is 446 g/mol. The molecule has 0 aliphatic carbocycles. The number of fused-ring (bicyclic) bond motifs is 1. The second kappa shape index (κ2) is 9.61. The van der Waals surface area contributed by atoms with Gasteiger partial charge in [0.2, 0.25) is 0 Å². The van der Waals surface area contributed by atoms with Gasteiger partial charge in [-0.3, -0.25) is 9.69 Å². The number of aromatic nitrogens is 2. The number of aliphatic hydroxyl groups is 1. The molecule has 0 spiro atoms. The molecule has 2 aromatic heterocycles. The molecule has 0 radical (unpaired) electrons. The van der Waals surface area contributed by atoms with Crippen LogP contribution in [0.3, 0.4) is 0 Å². The molecule has 4 rings (SSSR count). The van der Waals surface area contributed by atoms with Crippen molar-refractivity contribution in [2.45, 2.75) is 26.5 Å². The van der Waals surface area contributed by atoms with Crippen LogP contribution in [0.1, 0.15) is 28.6 Å². The van der Waals surface area contributed by atoms with Crippen molar-refractivity contribution in [2.24, 2.45) is 0 Å². The van der Waals surface area contributed by atoms with E-state index in [1.807, 2.05) is 40.6 Å². The van der Waals surface area contributed by atoms with Gasteiger partial charge in [0.15, 0.2) is 0 Å². The van der Waals surface area contributed by atoms with E-state index in [9.17, 15) is 9.90 Å². The van der Waals surface area contributed by atoms with E-state index in [0.717, 1.165) is 27.1 Å². The molecule has 164 valence electrons. The Morgan fingerprint density at radius 3 is 2.69 bits per heavy atom. The maximum absolute atomic E-state index is 13.0. The number of nitrogens with one attached hydrogen (secondary N) is 1. The minimum Gasteiger partial charge on any atom is -0.387 e. The number of hydrogen-bond acceptors (Lipinski definition) is 5. The zero-order valence-electron chi connectivity index (χ0n) is 18.3. The molecule has 2 heterocycles. The number of aromatic amines is 1. The second-order valence-electron chi connectivity index (χ2n) is 8.07. The number of aryl methyl sites for hydroxylation is 2. The smallest absolute Gasteiger partial charge is 0.260 e. The van der Waals surface area contributed by atoms with Crippen molar-refractivity contribution in [3.05, 3.63) is 99.4 Å². The summed E-state index contributed by atoms with van der Waals surface area (Å²) < 4.78 is 0. The fraction of sp³-hybridized carbons (Fsp3) is 0.231. The molecule has 5 nitrogen and oxygen atoms in total. The van der Waals surface area contributed by atoms with E-state index < -0.39 is 6.10 Å². The highest BCUT2D eigenvalue weighted by Crippen LogP contribution is 2.33. The van der Waals surface area contributed by atoms with Crippen LogP contribution in [0.5, 0.6) is 0 Å². The fourth-order valence-corrected chi connectivity index (χ4v) is 4.96. The second-order valence-corrected chi connectivity index (χ2v) is 8.93. The van der Waals surface area contributed by atoms with Crippen LogP contribution in [0.4, 0.5) is 0 Å². The lowest BCUT2D eigenvalue weighted by Gasteiger charge is -2.23. The molecule has 0 bridgehead atoms. The van der Waals surface area contributed by atoms with E-state index in [1.165, 1.54) is 16.9 Å². The molecule has 0 aliphatic heterocycles. The standard InChI is InChI=1S/C26H27N3O2S/c1-4-12-29(14-22(30)19-8-6-5-7-9-19)15-23-27-25(31)24-21(16-32-26(24)28-23)20-11-10-17(2)13-18(20)3/h4-11,13,16,22,30H,1,12,14-15H2,2-3H3,(H,27,28,31). The van der Waals surface area contributed by atoms with Gasteiger partial charge in [-0.1, -0.05) is 60.2 Å². The van der Waals surface area contributed by atoms with Crippen molar-refractivity contribution in [1.29, 1.82) is 0 Å². The lowest BCUT2D eigenvalue weighted by atomic mass is 9.99. The van der Waals surface area contributed by atoms with Crippen LogP contribution in [0.25, 0.3) is 21.3 Å². The minimum atomic E-state index is -0.635. The Balaban J connectivity index is 1.61. The lowest BCUT2D eigenvalue weighted by Crippen LogP contribution is -2.30. The third-order valence-corrected chi connectivity index (χ3v) is 6.41. The van der Waals surface area contributed by atoms with Crippen molar-refractivity contribution in [3.63, 3.8) is 0 Å². The molecule has 1 unspecified atom stereocenters. The Morgan fingerprint density at radius 2 is 1.97 bits per heavy atom. The first kappa shape index (κ1) is 22.1. The van der Waals surface area contributed by atoms with Gasteiger partial charge in [0.25, 0.3) is 5.56 Å². The Morgan fingerprint density at radius 1 is 1.19 bits per heavy atom. The van der Waals surface area contributed by atoms with Gasteiger partial charge in [0.05, 0.1) is 18.0 Å². The van der Waals surface area contributed by atoms with E-state index in [2.05, 4.69) is 43.6 Å². The van der Waals surface area contributed by atoms with Crippen LogP contribution < -0.4 is 5.56 Å². The van der Waals surface area contributed by atoms with Crippen LogP contribution in [-0.4, -0.2) is 33.1 Å². The molecule has 2 aromatic carbocycles. The van der Waals surface area contributed by atoms with Gasteiger partial charge >= 0.3 is 0 Å². The first-order chi connectivity index (χ1) is 15.5. The molecule has 0 fully saturated rings. The number of benzene rings is 2. The molecular formula is C26H27N3O2S. The topological polar surface area (TPSA) is 69.2 Å². The first-order valence-electron chi connectivity index (χ1n) is 10.6. The van der Waals surface area contributed by atoms with Crippen molar-refractivity contribution in [3.8, 4) is 11.1 Å². The molecule has 4 aromatic rings. The summed E-state index contributed by atoms with van der Waals surface area (Å²) in [5.74, 6) is 0.582. The Kier molecular flexibility index (Phi) is 6.65. The predicted octanol–water partition coefficient (Wildman–Crippen LogP) is 4.99. The zero-order valence-corrected chi connectivity index (χ0v) is 19.2. The molecule has 6 heteroatoms. The number of thiophene rings is 1. The highest BCUT2D eigenvalue weighted by molar-refractivity contribution is 7.17. The number of hydrogen-bond donors (Lipinski definition) is 2. The third kappa shape index (κ3) is 4.72. The largest absolute Gasteiger partial charge is 0.387 e. The summed E-state index contributed by atoms with van der Waals surface area (Å²) in [4.78, 5) is 23.5. The molecule has 0 saturated carbocycles. The van der Waals surface area contributed by atoms with Gasteiger partial charge in [-0.2, -0.15) is 0 Å². The summed E-state index contributed by atoms with van der Waals surface area (Å²) in [6.45, 7) is 9.35. The molecule has 1 atom stereocenters. The molecular weight excluding hydrogens is 418 g/mol. The fourth-order valence-electron chi connectivity index (χ4n) is 4.01. The normalized spacial score (nSPS) is 12.4. The summed E-state index contributed by atoms with van der Waals surface area (Å²) in [7, 11) is 0. The summed E-state index contributed by atoms with van der Waals surface area (Å²) in [5, 5.41) is 13.3. The van der Waals surface area contributed by atoms with Gasteiger partial charge in [-0.05, 0) is 30.5 Å². The van der Waals surface area contributed by atoms with Crippen molar-refractivity contribution in [1.82, 2.24) is 14.9 Å². The van der Waals surface area contributed by atoms with Crippen molar-refractivity contribution >= 4 is 21.6 Å². The minimum absolute atomic E-state index is 0.136. The first-order valence-corrected chi connectivity index (χ1v) is 11.5. The molecule has 32 heavy (non-hydrogen) atoms. The maximum atomic E-state index is 13.0. The summed E-state index contributed by atoms with van der Waals surface area (Å²) >= 11 is 1.48. The highest BCUT2D eigenvalue weighted by atomic mass is 32.1. The van der Waals surface area contributed by atoms with Gasteiger partial charge < -0.3 is 10.1 Å². The van der Waals surface area contributed by atoms with E-state index in [4.69, 9.17) is 4.98 Å². The van der Waals surface area contributed by atoms with Gasteiger partial charge in [0, 0.05) is 24.0 Å². The lowest BCUT2D eigenvalue weighted by molar-refractivity contribution is 0.114. The Hall–Kier alpha value is -3.06. The number of H-pyrrole nitrogens is 1. The van der Waals surface area contributed by atoms with E-state index in [-0.39, 0.29) is 5.56 Å². The maximum Gasteiger partial charge on any atom is 0.260 e. The van der Waals surface area contributed by atoms with Crippen molar-refractivity contribution < 1.29 is 5.11 Å². The van der Waals surface area contributed by atoms with Crippen LogP contribution in [0, 0.1) is 13.8 Å². The van der Waals surface area contributed by atoms with Crippen LogP contribution in [0.15, 0.2) is 71.4 Å². The van der Waals surface area contributed by atoms with E-state index in [1.54, 1.807) is 6.08 Å². The Labute approximate surface area is 191 Å². The van der Waals surface area contributed by atoms with Crippen LogP contribution >= 0.6 is 11.3 Å². The van der Waals surface area contributed by atoms with E-state index >= 15 is 0 Å². The van der Waals surface area contributed by atoms with Gasteiger partial charge in [-0.15, -0.1) is 17.9 Å². The summed E-state index contributed by atoms with van der Waals surface area (Å²) in [5.41, 5.74) is 5.03. The quantitative estimate of drug-likeness (QED) is 0.375. The molecule has 0 aliphatic rings. The van der Waals surface area contributed by atoms with Crippen LogP contribution in [0.2, 0.25) is 0 Å². The predicted molar refractivity (Wildman–Crippen MR) is 132 cm³/mol. The van der Waals surface area contributed by atoms with Gasteiger partial charge in [0.1, 0.15) is 10.7 Å². The van der Waals surface area contributed by atoms with Crippen molar-refractivity contribution in [2.75, 3.05) is 13.1 Å². The SMILES string of the molecule is C=CCN(Cc1nc2scc(-c3ccc(C)cc3C)c2c(=O)[nH]1)CC(O)c1ccccc1.